The van der Waals surface area contributed by atoms with Crippen molar-refractivity contribution in [2.75, 3.05) is 0 Å². The van der Waals surface area contributed by atoms with Gasteiger partial charge in [-0.3, -0.25) is 14.6 Å². The van der Waals surface area contributed by atoms with Crippen molar-refractivity contribution >= 4 is 51.1 Å². The molecule has 5 rings (SSSR count). The minimum Gasteiger partial charge on any atom is -1.00 e. The SMILES string of the molecule is C=CC1=C(C)c2cc3nc(c(CC(=O)O)c4[nH]c(cc5[nH]c(cc1n2)c(C)c5CC)c(C)c4C(=O)O)[C@@H](CCC(=O)O)[C@@H]3C.[Fe].[H-].[K+]. The topological polar surface area (TPSA) is 169 Å². The van der Waals surface area contributed by atoms with Gasteiger partial charge in [0.2, 0.25) is 0 Å². The van der Waals surface area contributed by atoms with E-state index >= 15 is 0 Å². The van der Waals surface area contributed by atoms with Crippen LogP contribution in [0.2, 0.25) is 0 Å². The van der Waals surface area contributed by atoms with Crippen LogP contribution in [-0.4, -0.2) is 53.2 Å². The normalized spacial score (nSPS) is 15.6. The molecule has 0 unspecified atom stereocenters. The van der Waals surface area contributed by atoms with Crippen molar-refractivity contribution in [1.82, 2.24) is 19.9 Å². The number of carboxylic acid groups (broad SMARTS) is 3. The Morgan fingerprint density at radius 1 is 0.935 bits per heavy atom. The summed E-state index contributed by atoms with van der Waals surface area (Å²) in [5.41, 5.74) is 9.27. The molecule has 0 spiro atoms. The van der Waals surface area contributed by atoms with Gasteiger partial charge >= 0.3 is 69.3 Å². The zero-order chi connectivity index (χ0) is 32.0. The van der Waals surface area contributed by atoms with Crippen molar-refractivity contribution in [2.45, 2.75) is 72.1 Å². The summed E-state index contributed by atoms with van der Waals surface area (Å²) >= 11 is 0. The van der Waals surface area contributed by atoms with Crippen LogP contribution in [0.4, 0.5) is 0 Å². The number of nitrogens with one attached hydrogen (secondary N) is 2. The van der Waals surface area contributed by atoms with Gasteiger partial charge in [-0.2, -0.15) is 0 Å². The van der Waals surface area contributed by atoms with Crippen molar-refractivity contribution in [3.05, 3.63) is 81.4 Å². The average molecular weight is 693 g/mol. The summed E-state index contributed by atoms with van der Waals surface area (Å²) in [5.74, 6) is -4.08. The zero-order valence-corrected chi connectivity index (χ0v) is 31.0. The number of hydrogen-bond donors (Lipinski definition) is 5. The molecule has 0 amide bonds. The molecule has 0 saturated heterocycles. The van der Waals surface area contributed by atoms with Crippen molar-refractivity contribution in [1.29, 1.82) is 0 Å². The van der Waals surface area contributed by atoms with E-state index in [1.807, 2.05) is 45.9 Å². The van der Waals surface area contributed by atoms with E-state index in [2.05, 4.69) is 16.5 Å². The van der Waals surface area contributed by atoms with Crippen LogP contribution in [0, 0.1) is 13.8 Å². The number of aromatic amines is 2. The second kappa shape index (κ2) is 14.9. The Morgan fingerprint density at radius 3 is 2.20 bits per heavy atom. The molecule has 0 aromatic carbocycles. The van der Waals surface area contributed by atoms with Crippen LogP contribution in [0.25, 0.3) is 33.2 Å². The number of carbonyl (C=O) groups is 3. The Hall–Kier alpha value is -2.83. The molecule has 2 atom stereocenters. The predicted molar refractivity (Wildman–Crippen MR) is 170 cm³/mol. The molecule has 8 bridgehead atoms. The quantitative estimate of drug-likeness (QED) is 0.222. The third-order valence-electron chi connectivity index (χ3n) is 8.95. The number of fused-ring (bicyclic) bond motifs is 8. The first kappa shape index (κ1) is 37.6. The minimum atomic E-state index is -1.20. The van der Waals surface area contributed by atoms with E-state index < -0.39 is 30.2 Å². The maximum Gasteiger partial charge on any atom is 1.00 e. The fourth-order valence-electron chi connectivity index (χ4n) is 6.53. The number of H-pyrrole nitrogens is 2. The summed E-state index contributed by atoms with van der Waals surface area (Å²) in [7, 11) is 0. The first-order chi connectivity index (χ1) is 20.9. The van der Waals surface area contributed by atoms with E-state index in [1.54, 1.807) is 13.0 Å². The molecule has 0 aliphatic carbocycles. The number of aliphatic carboxylic acids is 2. The summed E-state index contributed by atoms with van der Waals surface area (Å²) in [4.78, 5) is 53.2. The van der Waals surface area contributed by atoms with E-state index in [9.17, 15) is 29.7 Å². The molecule has 0 radical (unpaired) electrons. The molecule has 5 N–H and O–H groups in total. The van der Waals surface area contributed by atoms with Gasteiger partial charge in [0.1, 0.15) is 0 Å². The molecular weight excluding hydrogens is 655 g/mol. The summed E-state index contributed by atoms with van der Waals surface area (Å²) in [6, 6.07) is 5.70. The smallest absolute Gasteiger partial charge is 1.00 e. The van der Waals surface area contributed by atoms with Crippen molar-refractivity contribution in [3.63, 3.8) is 0 Å². The molecule has 12 heteroatoms. The van der Waals surface area contributed by atoms with E-state index in [0.717, 1.165) is 45.4 Å². The summed E-state index contributed by atoms with van der Waals surface area (Å²) < 4.78 is 0. The molecule has 238 valence electrons. The van der Waals surface area contributed by atoms with Gasteiger partial charge < -0.3 is 26.7 Å². The van der Waals surface area contributed by atoms with Gasteiger partial charge in [-0.25, -0.2) is 9.78 Å². The van der Waals surface area contributed by atoms with E-state index in [-0.39, 0.29) is 105 Å². The molecule has 0 fully saturated rings. The van der Waals surface area contributed by atoms with Crippen LogP contribution >= 0.6 is 0 Å². The minimum absolute atomic E-state index is 0. The number of nitrogens with zero attached hydrogens (tertiary/aromatic N) is 2. The predicted octanol–water partition coefficient (Wildman–Crippen LogP) is 3.80. The van der Waals surface area contributed by atoms with Crippen LogP contribution in [0.15, 0.2) is 30.9 Å². The van der Waals surface area contributed by atoms with Crippen molar-refractivity contribution < 1.29 is 99.6 Å². The Labute approximate surface area is 321 Å². The fourth-order valence-corrected chi connectivity index (χ4v) is 6.53. The van der Waals surface area contributed by atoms with E-state index in [0.29, 0.717) is 28.2 Å². The molecule has 0 saturated carbocycles. The van der Waals surface area contributed by atoms with Gasteiger partial charge in [-0.05, 0) is 74.1 Å². The van der Waals surface area contributed by atoms with Gasteiger partial charge in [-0.1, -0.05) is 26.5 Å². The average Bonchev–Trinajstić information content (AvgIpc) is 3.63. The molecule has 5 heterocycles. The van der Waals surface area contributed by atoms with Gasteiger partial charge in [-0.15, -0.1) is 0 Å². The van der Waals surface area contributed by atoms with Gasteiger partial charge in [0.05, 0.1) is 34.6 Å². The van der Waals surface area contributed by atoms with Crippen molar-refractivity contribution in [3.8, 4) is 0 Å². The summed E-state index contributed by atoms with van der Waals surface area (Å²) in [6.45, 7) is 13.7. The molecular formula is C34H37FeKN4O6. The first-order valence-corrected chi connectivity index (χ1v) is 14.6. The Bertz CT molecular complexity index is 1970. The Balaban J connectivity index is 0.00000256. The monoisotopic (exact) mass is 692 g/mol. The standard InChI is InChI=1S/C34H36N4O6.Fe.K.H/c1-7-19-15(3)23-12-25-17(5)21(9-10-29(39)40)32(37-25)22(11-30(41)42)33-31(34(43)44)18(6)26(38-33)14-28-20(8-2)16(4)24(36-28)13-27(19)35-23;;;/h7,12-14,17,21,36,38H,1,8-11H2,2-6H3,(H,39,40)(H,41,42)(H,43,44);;;/q;;+1;-1/t17-,21-;;;/m0.../s1. The largest absolute Gasteiger partial charge is 1.00 e. The Morgan fingerprint density at radius 2 is 1.61 bits per heavy atom. The van der Waals surface area contributed by atoms with Crippen LogP contribution in [-0.2, 0) is 39.5 Å². The number of aryl methyl sites for hydroxylation is 3. The third kappa shape index (κ3) is 6.89. The second-order valence-corrected chi connectivity index (χ2v) is 11.5. The number of aromatic nitrogens is 4. The number of allylic oxidation sites excluding steroid dienone is 3. The molecule has 3 aromatic heterocycles. The summed E-state index contributed by atoms with van der Waals surface area (Å²) in [5, 5.41) is 29.9. The summed E-state index contributed by atoms with van der Waals surface area (Å²) in [6.07, 6.45) is 2.04. The molecule has 10 nitrogen and oxygen atoms in total. The van der Waals surface area contributed by atoms with Gasteiger partial charge in [0.25, 0.3) is 0 Å². The van der Waals surface area contributed by atoms with Crippen molar-refractivity contribution in [2.24, 2.45) is 0 Å². The first-order valence-electron chi connectivity index (χ1n) is 14.6. The number of hydrogen-bond acceptors (Lipinski definition) is 5. The Kier molecular flexibility index (Phi) is 12.2. The van der Waals surface area contributed by atoms with E-state index in [4.69, 9.17) is 9.97 Å². The molecule has 2 aliphatic heterocycles. The second-order valence-electron chi connectivity index (χ2n) is 11.5. The van der Waals surface area contributed by atoms with E-state index in [1.165, 1.54) is 0 Å². The van der Waals surface area contributed by atoms with Gasteiger partial charge in [0, 0.05) is 68.7 Å². The third-order valence-corrected chi connectivity index (χ3v) is 8.95. The zero-order valence-electron chi connectivity index (χ0n) is 27.8. The number of carboxylic acids is 3. The van der Waals surface area contributed by atoms with Crippen LogP contribution in [0.1, 0.15) is 102 Å². The van der Waals surface area contributed by atoms with Crippen LogP contribution < -0.4 is 51.4 Å². The molecule has 46 heavy (non-hydrogen) atoms. The van der Waals surface area contributed by atoms with Crippen LogP contribution in [0.5, 0.6) is 0 Å². The fraction of sp³-hybridized carbons (Fsp3) is 0.324. The van der Waals surface area contributed by atoms with Crippen LogP contribution in [0.3, 0.4) is 0 Å². The molecule has 2 aliphatic rings. The number of rotatable bonds is 8. The maximum atomic E-state index is 12.7. The number of aromatic carboxylic acids is 1. The molecule has 3 aromatic rings. The maximum absolute atomic E-state index is 12.7. The van der Waals surface area contributed by atoms with Gasteiger partial charge in [0.15, 0.2) is 0 Å².